The molecular weight excluding hydrogens is 194 g/mol. The highest BCUT2D eigenvalue weighted by atomic mass is 16.5. The van der Waals surface area contributed by atoms with Crippen molar-refractivity contribution in [1.82, 2.24) is 0 Å². The Morgan fingerprint density at radius 1 is 1.53 bits per heavy atom. The second-order valence-corrected chi connectivity index (χ2v) is 3.31. The lowest BCUT2D eigenvalue weighted by Crippen LogP contribution is -2.02. The van der Waals surface area contributed by atoms with Crippen molar-refractivity contribution in [2.45, 2.75) is 25.7 Å². The second-order valence-electron chi connectivity index (χ2n) is 3.31. The number of ether oxygens (including phenoxy) is 2. The van der Waals surface area contributed by atoms with Gasteiger partial charge in [-0.2, -0.15) is 0 Å². The van der Waals surface area contributed by atoms with Gasteiger partial charge < -0.3 is 9.47 Å². The molecule has 0 saturated heterocycles. The van der Waals surface area contributed by atoms with Crippen LogP contribution in [0.15, 0.2) is 17.6 Å². The van der Waals surface area contributed by atoms with E-state index in [0.29, 0.717) is 6.61 Å². The summed E-state index contributed by atoms with van der Waals surface area (Å²) in [5.74, 6) is 0.525. The summed E-state index contributed by atoms with van der Waals surface area (Å²) < 4.78 is 10.1. The zero-order chi connectivity index (χ0) is 10.9. The number of carbonyl (C=O) groups is 1. The van der Waals surface area contributed by atoms with Crippen LogP contribution in [0.25, 0.3) is 0 Å². The van der Waals surface area contributed by atoms with Crippen molar-refractivity contribution in [3.8, 4) is 0 Å². The van der Waals surface area contributed by atoms with Crippen molar-refractivity contribution in [1.29, 1.82) is 0 Å². The third-order valence-corrected chi connectivity index (χ3v) is 2.09. The Kier molecular flexibility index (Phi) is 5.51. The van der Waals surface area contributed by atoms with Crippen LogP contribution in [0, 0.1) is 0 Å². The van der Waals surface area contributed by atoms with Crippen molar-refractivity contribution < 1.29 is 14.3 Å². The van der Waals surface area contributed by atoms with Gasteiger partial charge in [0.1, 0.15) is 6.61 Å². The van der Waals surface area contributed by atoms with Gasteiger partial charge in [0.2, 0.25) is 0 Å². The van der Waals surface area contributed by atoms with Gasteiger partial charge in [-0.1, -0.05) is 6.58 Å². The van der Waals surface area contributed by atoms with E-state index >= 15 is 0 Å². The van der Waals surface area contributed by atoms with Gasteiger partial charge in [-0.15, -0.1) is 0 Å². The fraction of sp³-hybridized carbons (Fsp3) is 0.636. The molecule has 0 unspecified atom stereocenters. The van der Waals surface area contributed by atoms with Crippen LogP contribution in [-0.4, -0.2) is 31.6 Å². The van der Waals surface area contributed by atoms with Gasteiger partial charge >= 0.3 is 5.97 Å². The summed E-state index contributed by atoms with van der Waals surface area (Å²) in [6.07, 6.45) is 5.01. The quantitative estimate of drug-likeness (QED) is 0.366. The average Bonchev–Trinajstić information content (AvgIpc) is 2.75. The molecule has 0 N–H and O–H groups in total. The normalized spacial score (nSPS) is 14.3. The maximum atomic E-state index is 10.7. The molecule has 0 amide bonds. The predicted octanol–water partition coefficient (Wildman–Crippen LogP) is 1.70. The van der Waals surface area contributed by atoms with Gasteiger partial charge in [0.25, 0.3) is 0 Å². The number of carbonyl (C=O) groups excluding carboxylic acids is 1. The molecule has 0 aromatic carbocycles. The molecule has 0 fully saturated rings. The molecule has 0 aromatic heterocycles. The molecule has 0 atom stereocenters. The molecule has 0 bridgehead atoms. The molecule has 4 heteroatoms. The minimum Gasteiger partial charge on any atom is -0.479 e. The monoisotopic (exact) mass is 211 g/mol. The van der Waals surface area contributed by atoms with Crippen LogP contribution >= 0.6 is 0 Å². The molecule has 84 valence electrons. The number of unbranched alkanes of at least 4 members (excludes halogenated alkanes) is 2. The van der Waals surface area contributed by atoms with E-state index in [2.05, 4.69) is 11.6 Å². The van der Waals surface area contributed by atoms with Gasteiger partial charge in [-0.05, 0) is 19.3 Å². The number of esters is 1. The van der Waals surface area contributed by atoms with E-state index in [1.54, 1.807) is 0 Å². The molecule has 0 aromatic rings. The largest absolute Gasteiger partial charge is 0.479 e. The topological polar surface area (TPSA) is 47.9 Å². The fourth-order valence-corrected chi connectivity index (χ4v) is 1.32. The van der Waals surface area contributed by atoms with Crippen LogP contribution in [0.4, 0.5) is 0 Å². The molecule has 0 spiro atoms. The van der Waals surface area contributed by atoms with Gasteiger partial charge in [-0.25, -0.2) is 4.79 Å². The highest BCUT2D eigenvalue weighted by Gasteiger charge is 2.05. The van der Waals surface area contributed by atoms with E-state index in [9.17, 15) is 4.79 Å². The molecule has 1 aliphatic heterocycles. The molecule has 0 saturated carbocycles. The van der Waals surface area contributed by atoms with Crippen LogP contribution < -0.4 is 0 Å². The Labute approximate surface area is 90.0 Å². The van der Waals surface area contributed by atoms with Crippen molar-refractivity contribution in [3.63, 3.8) is 0 Å². The summed E-state index contributed by atoms with van der Waals surface area (Å²) in [5, 5.41) is 0. The smallest absolute Gasteiger partial charge is 0.330 e. The first-order valence-corrected chi connectivity index (χ1v) is 5.28. The number of nitrogens with zero attached hydrogens (tertiary/aromatic N) is 1. The fourth-order valence-electron chi connectivity index (χ4n) is 1.32. The summed E-state index contributed by atoms with van der Waals surface area (Å²) in [6.45, 7) is 5.32. The minimum absolute atomic E-state index is 0.349. The second kappa shape index (κ2) is 7.04. The summed E-state index contributed by atoms with van der Waals surface area (Å²) in [4.78, 5) is 14.9. The van der Waals surface area contributed by atoms with Gasteiger partial charge in [0, 0.05) is 12.5 Å². The molecule has 0 aliphatic carbocycles. The molecule has 1 heterocycles. The van der Waals surface area contributed by atoms with Crippen LogP contribution in [0.2, 0.25) is 0 Å². The lowest BCUT2D eigenvalue weighted by Gasteiger charge is -2.02. The molecule has 4 nitrogen and oxygen atoms in total. The van der Waals surface area contributed by atoms with Crippen molar-refractivity contribution >= 4 is 11.9 Å². The molecule has 15 heavy (non-hydrogen) atoms. The van der Waals surface area contributed by atoms with Crippen LogP contribution in [0.1, 0.15) is 25.7 Å². The zero-order valence-corrected chi connectivity index (χ0v) is 8.91. The SMILES string of the molecule is C=CC(=O)OCCCCCC1=NCCO1. The number of hydrogen-bond acceptors (Lipinski definition) is 4. The van der Waals surface area contributed by atoms with E-state index in [1.165, 1.54) is 6.08 Å². The highest BCUT2D eigenvalue weighted by molar-refractivity contribution is 5.81. The van der Waals surface area contributed by atoms with Gasteiger partial charge in [-0.3, -0.25) is 4.99 Å². The maximum absolute atomic E-state index is 10.7. The van der Waals surface area contributed by atoms with Crippen molar-refractivity contribution in [2.75, 3.05) is 19.8 Å². The Hall–Kier alpha value is -1.32. The van der Waals surface area contributed by atoms with E-state index in [4.69, 9.17) is 9.47 Å². The molecule has 1 rings (SSSR count). The van der Waals surface area contributed by atoms with E-state index in [0.717, 1.165) is 44.7 Å². The zero-order valence-electron chi connectivity index (χ0n) is 8.91. The first-order chi connectivity index (χ1) is 7.33. The first kappa shape index (κ1) is 11.8. The standard InChI is InChI=1S/C11H17NO3/c1-2-11(13)15-8-5-3-4-6-10-12-7-9-14-10/h2H,1,3-9H2. The molecule has 1 aliphatic rings. The predicted molar refractivity (Wildman–Crippen MR) is 57.9 cm³/mol. The lowest BCUT2D eigenvalue weighted by molar-refractivity contribution is -0.137. The Bertz CT molecular complexity index is 248. The number of hydrogen-bond donors (Lipinski definition) is 0. The Balaban J connectivity index is 1.88. The summed E-state index contributed by atoms with van der Waals surface area (Å²) >= 11 is 0. The van der Waals surface area contributed by atoms with Crippen molar-refractivity contribution in [3.05, 3.63) is 12.7 Å². The summed E-state index contributed by atoms with van der Waals surface area (Å²) in [7, 11) is 0. The summed E-state index contributed by atoms with van der Waals surface area (Å²) in [6, 6.07) is 0. The lowest BCUT2D eigenvalue weighted by atomic mass is 10.2. The van der Waals surface area contributed by atoms with E-state index < -0.39 is 0 Å². The van der Waals surface area contributed by atoms with Crippen LogP contribution in [0.5, 0.6) is 0 Å². The van der Waals surface area contributed by atoms with Crippen LogP contribution in [0.3, 0.4) is 0 Å². The third-order valence-electron chi connectivity index (χ3n) is 2.09. The third kappa shape index (κ3) is 5.20. The highest BCUT2D eigenvalue weighted by Crippen LogP contribution is 2.06. The molecular formula is C11H17NO3. The summed E-state index contributed by atoms with van der Waals surface area (Å²) in [5.41, 5.74) is 0. The van der Waals surface area contributed by atoms with Gasteiger partial charge in [0.15, 0.2) is 5.90 Å². The average molecular weight is 211 g/mol. The van der Waals surface area contributed by atoms with Crippen molar-refractivity contribution in [2.24, 2.45) is 4.99 Å². The van der Waals surface area contributed by atoms with Gasteiger partial charge in [0.05, 0.1) is 13.2 Å². The number of rotatable bonds is 7. The molecule has 0 radical (unpaired) electrons. The Morgan fingerprint density at radius 3 is 3.07 bits per heavy atom. The van der Waals surface area contributed by atoms with E-state index in [-0.39, 0.29) is 5.97 Å². The van der Waals surface area contributed by atoms with Crippen LogP contribution in [-0.2, 0) is 14.3 Å². The Morgan fingerprint density at radius 2 is 2.40 bits per heavy atom. The first-order valence-electron chi connectivity index (χ1n) is 5.28. The maximum Gasteiger partial charge on any atom is 0.330 e. The number of aliphatic imine (C=N–C) groups is 1. The van der Waals surface area contributed by atoms with E-state index in [1.807, 2.05) is 0 Å². The minimum atomic E-state index is -0.349.